The normalized spacial score (nSPS) is 15.8. The smallest absolute Gasteiger partial charge is 0.335 e. The molecule has 4 aromatic rings. The number of hydrogen-bond acceptors (Lipinski definition) is 4. The van der Waals surface area contributed by atoms with Gasteiger partial charge in [0.2, 0.25) is 0 Å². The van der Waals surface area contributed by atoms with Crippen molar-refractivity contribution in [2.24, 2.45) is 7.05 Å². The lowest BCUT2D eigenvalue weighted by Gasteiger charge is -2.41. The van der Waals surface area contributed by atoms with Crippen LogP contribution in [0.5, 0.6) is 0 Å². The van der Waals surface area contributed by atoms with Crippen LogP contribution < -0.4 is 0 Å². The van der Waals surface area contributed by atoms with Gasteiger partial charge in [-0.05, 0) is 29.3 Å². The second-order valence-corrected chi connectivity index (χ2v) is 9.27. The molecule has 7 heteroatoms. The Morgan fingerprint density at radius 1 is 0.778 bits per heavy atom. The maximum atomic E-state index is 12.5. The lowest BCUT2D eigenvalue weighted by molar-refractivity contribution is -0.144. The van der Waals surface area contributed by atoms with E-state index in [1.165, 1.54) is 11.1 Å². The van der Waals surface area contributed by atoms with E-state index < -0.39 is 18.0 Å². The molecule has 0 radical (unpaired) electrons. The number of aromatic nitrogens is 1. The standard InChI is InChI=1S/C29H29N3O4/c1-30-19-24(23-18-22(28(33)34)12-13-25(23)30)27(29(35)36)32-16-14-31(15-17-32)26(20-8-4-2-5-9-20)21-10-6-3-7-11-21/h2-13,18-19,26-27H,14-17H2,1H3,(H,33,34)(H,35,36)/t27-/m1/s1. The summed E-state index contributed by atoms with van der Waals surface area (Å²) in [7, 11) is 1.85. The Morgan fingerprint density at radius 2 is 1.33 bits per heavy atom. The van der Waals surface area contributed by atoms with Gasteiger partial charge in [-0.1, -0.05) is 60.7 Å². The molecule has 0 spiro atoms. The van der Waals surface area contributed by atoms with Gasteiger partial charge in [-0.25, -0.2) is 4.79 Å². The van der Waals surface area contributed by atoms with Crippen molar-refractivity contribution in [1.29, 1.82) is 0 Å². The number of nitrogens with zero attached hydrogens (tertiary/aromatic N) is 3. The summed E-state index contributed by atoms with van der Waals surface area (Å²) >= 11 is 0. The molecule has 3 aromatic carbocycles. The van der Waals surface area contributed by atoms with E-state index in [2.05, 4.69) is 29.2 Å². The monoisotopic (exact) mass is 483 g/mol. The van der Waals surface area contributed by atoms with Gasteiger partial charge in [0.1, 0.15) is 6.04 Å². The van der Waals surface area contributed by atoms with Crippen molar-refractivity contribution in [3.05, 3.63) is 107 Å². The quantitative estimate of drug-likeness (QED) is 0.405. The second kappa shape index (κ2) is 9.97. The zero-order valence-corrected chi connectivity index (χ0v) is 20.1. The van der Waals surface area contributed by atoms with Crippen LogP contribution in [0.25, 0.3) is 10.9 Å². The van der Waals surface area contributed by atoms with Crippen LogP contribution in [0.1, 0.15) is 39.1 Å². The number of carbonyl (C=O) groups is 2. The molecule has 1 aliphatic rings. The van der Waals surface area contributed by atoms with E-state index in [1.54, 1.807) is 18.2 Å². The summed E-state index contributed by atoms with van der Waals surface area (Å²) < 4.78 is 1.86. The number of benzene rings is 3. The zero-order chi connectivity index (χ0) is 25.2. The van der Waals surface area contributed by atoms with Crippen molar-refractivity contribution in [3.63, 3.8) is 0 Å². The molecule has 1 aromatic heterocycles. The minimum absolute atomic E-state index is 0.0912. The molecule has 1 aliphatic heterocycles. The Morgan fingerprint density at radius 3 is 1.86 bits per heavy atom. The summed E-state index contributed by atoms with van der Waals surface area (Å²) in [5, 5.41) is 20.4. The van der Waals surface area contributed by atoms with Crippen molar-refractivity contribution in [1.82, 2.24) is 14.4 Å². The van der Waals surface area contributed by atoms with Crippen LogP contribution in [0.3, 0.4) is 0 Å². The zero-order valence-electron chi connectivity index (χ0n) is 20.1. The maximum Gasteiger partial charge on any atom is 0.335 e. The highest BCUT2D eigenvalue weighted by Crippen LogP contribution is 2.34. The number of hydrogen-bond donors (Lipinski definition) is 2. The fourth-order valence-electron chi connectivity index (χ4n) is 5.40. The average molecular weight is 484 g/mol. The first-order valence-corrected chi connectivity index (χ1v) is 12.1. The van der Waals surface area contributed by atoms with Crippen molar-refractivity contribution in [3.8, 4) is 0 Å². The summed E-state index contributed by atoms with van der Waals surface area (Å²) in [5.74, 6) is -1.96. The molecule has 2 N–H and O–H groups in total. The number of piperazine rings is 1. The third-order valence-corrected chi connectivity index (χ3v) is 7.11. The van der Waals surface area contributed by atoms with Gasteiger partial charge >= 0.3 is 11.9 Å². The fraction of sp³-hybridized carbons (Fsp3) is 0.241. The SMILES string of the molecule is Cn1cc([C@H](C(=O)O)N2CCN(C(c3ccccc3)c3ccccc3)CC2)c2cc(C(=O)O)ccc21. The molecule has 0 bridgehead atoms. The first-order valence-electron chi connectivity index (χ1n) is 12.1. The topological polar surface area (TPSA) is 86.0 Å². The number of aryl methyl sites for hydroxylation is 1. The molecular formula is C29H29N3O4. The number of rotatable bonds is 7. The van der Waals surface area contributed by atoms with Crippen LogP contribution in [0.15, 0.2) is 85.1 Å². The summed E-state index contributed by atoms with van der Waals surface area (Å²) in [4.78, 5) is 28.5. The van der Waals surface area contributed by atoms with Crippen LogP contribution >= 0.6 is 0 Å². The molecular weight excluding hydrogens is 454 g/mol. The maximum absolute atomic E-state index is 12.5. The van der Waals surface area contributed by atoms with Crippen molar-refractivity contribution < 1.29 is 19.8 Å². The summed E-state index contributed by atoms with van der Waals surface area (Å²) in [6.45, 7) is 2.59. The summed E-state index contributed by atoms with van der Waals surface area (Å²) in [6, 6.07) is 24.9. The Balaban J connectivity index is 1.43. The molecule has 0 unspecified atom stereocenters. The third-order valence-electron chi connectivity index (χ3n) is 7.11. The highest BCUT2D eigenvalue weighted by Gasteiger charge is 2.34. The molecule has 0 saturated carbocycles. The second-order valence-electron chi connectivity index (χ2n) is 9.27. The van der Waals surface area contributed by atoms with Gasteiger partial charge in [-0.2, -0.15) is 0 Å². The number of fused-ring (bicyclic) bond motifs is 1. The van der Waals surface area contributed by atoms with Crippen molar-refractivity contribution in [2.75, 3.05) is 26.2 Å². The molecule has 2 heterocycles. The molecule has 184 valence electrons. The van der Waals surface area contributed by atoms with Gasteiger partial charge in [-0.3, -0.25) is 14.6 Å². The number of aliphatic carboxylic acids is 1. The third kappa shape index (κ3) is 4.51. The van der Waals surface area contributed by atoms with E-state index in [4.69, 9.17) is 0 Å². The number of carboxylic acid groups (broad SMARTS) is 2. The summed E-state index contributed by atoms with van der Waals surface area (Å²) in [6.07, 6.45) is 1.82. The van der Waals surface area contributed by atoms with Crippen molar-refractivity contribution >= 4 is 22.8 Å². The van der Waals surface area contributed by atoms with E-state index in [9.17, 15) is 19.8 Å². The molecule has 5 rings (SSSR count). The van der Waals surface area contributed by atoms with Gasteiger partial charge in [0.05, 0.1) is 11.6 Å². The van der Waals surface area contributed by atoms with E-state index in [0.29, 0.717) is 37.1 Å². The largest absolute Gasteiger partial charge is 0.480 e. The Hall–Kier alpha value is -3.94. The van der Waals surface area contributed by atoms with Crippen LogP contribution in [0.4, 0.5) is 0 Å². The predicted molar refractivity (Wildman–Crippen MR) is 138 cm³/mol. The molecule has 7 nitrogen and oxygen atoms in total. The molecule has 1 saturated heterocycles. The van der Waals surface area contributed by atoms with Gasteiger partial charge in [0.25, 0.3) is 0 Å². The van der Waals surface area contributed by atoms with Gasteiger partial charge in [0, 0.05) is 55.9 Å². The molecule has 0 amide bonds. The van der Waals surface area contributed by atoms with E-state index in [1.807, 2.05) is 59.1 Å². The minimum atomic E-state index is -1.03. The van der Waals surface area contributed by atoms with Crippen LogP contribution in [-0.2, 0) is 11.8 Å². The Labute approximate surface area is 209 Å². The summed E-state index contributed by atoms with van der Waals surface area (Å²) in [5.41, 5.74) is 4.01. The highest BCUT2D eigenvalue weighted by molar-refractivity contribution is 5.96. The molecule has 0 aliphatic carbocycles. The highest BCUT2D eigenvalue weighted by atomic mass is 16.4. The predicted octanol–water partition coefficient (Wildman–Crippen LogP) is 4.41. The molecule has 36 heavy (non-hydrogen) atoms. The Kier molecular flexibility index (Phi) is 6.59. The Bertz CT molecular complexity index is 1340. The number of aromatic carboxylic acids is 1. The van der Waals surface area contributed by atoms with E-state index in [-0.39, 0.29) is 11.6 Å². The minimum Gasteiger partial charge on any atom is -0.480 e. The first kappa shape index (κ1) is 23.8. The lowest BCUT2D eigenvalue weighted by atomic mass is 9.96. The van der Waals surface area contributed by atoms with E-state index in [0.717, 1.165) is 5.52 Å². The van der Waals surface area contributed by atoms with Crippen LogP contribution in [0, 0.1) is 0 Å². The van der Waals surface area contributed by atoms with Gasteiger partial charge < -0.3 is 14.8 Å². The van der Waals surface area contributed by atoms with Crippen LogP contribution in [0.2, 0.25) is 0 Å². The van der Waals surface area contributed by atoms with E-state index >= 15 is 0 Å². The van der Waals surface area contributed by atoms with Crippen molar-refractivity contribution in [2.45, 2.75) is 12.1 Å². The fourth-order valence-corrected chi connectivity index (χ4v) is 5.40. The first-order chi connectivity index (χ1) is 17.4. The van der Waals surface area contributed by atoms with Crippen LogP contribution in [-0.4, -0.2) is 62.7 Å². The average Bonchev–Trinajstić information content (AvgIpc) is 3.21. The lowest BCUT2D eigenvalue weighted by Crippen LogP contribution is -2.50. The van der Waals surface area contributed by atoms with Gasteiger partial charge in [-0.15, -0.1) is 0 Å². The molecule has 1 fully saturated rings. The molecule has 1 atom stereocenters. The number of carboxylic acids is 2. The van der Waals surface area contributed by atoms with Gasteiger partial charge in [0.15, 0.2) is 0 Å².